The molecule has 0 spiro atoms. The van der Waals surface area contributed by atoms with Gasteiger partial charge in [0.25, 0.3) is 0 Å². The number of aryl methyl sites for hydroxylation is 1. The number of nitrogens with zero attached hydrogens (tertiary/aromatic N) is 1. The van der Waals surface area contributed by atoms with E-state index in [0.717, 1.165) is 17.9 Å². The summed E-state index contributed by atoms with van der Waals surface area (Å²) in [5.41, 5.74) is 1.07. The van der Waals surface area contributed by atoms with Gasteiger partial charge in [-0.25, -0.2) is 0 Å². The molecule has 1 N–H and O–H groups in total. The third kappa shape index (κ3) is 5.19. The van der Waals surface area contributed by atoms with Gasteiger partial charge < -0.3 is 15.0 Å². The smallest absolute Gasteiger partial charge is 0.220 e. The molecule has 0 atom stereocenters. The fraction of sp³-hybridized carbons (Fsp3) is 0.500. The normalized spacial score (nSPS) is 10.4. The van der Waals surface area contributed by atoms with Gasteiger partial charge in [0.15, 0.2) is 0 Å². The maximum atomic E-state index is 11.6. The van der Waals surface area contributed by atoms with Gasteiger partial charge in [-0.2, -0.15) is 0 Å². The molecule has 4 heteroatoms. The van der Waals surface area contributed by atoms with Gasteiger partial charge in [-0.1, -0.05) is 18.2 Å². The number of nitrogens with one attached hydrogen (secondary N) is 1. The van der Waals surface area contributed by atoms with Gasteiger partial charge in [0, 0.05) is 19.5 Å². The number of carbonyl (C=O) groups excluding carboxylic acids is 1. The highest BCUT2D eigenvalue weighted by Gasteiger charge is 2.05. The van der Waals surface area contributed by atoms with Crippen LogP contribution in [0.2, 0.25) is 0 Å². The number of amides is 1. The van der Waals surface area contributed by atoms with Crippen molar-refractivity contribution in [2.45, 2.75) is 12.8 Å². The SMILES string of the molecule is COc1ccccc1CCC(=O)NCCN(C)C. The van der Waals surface area contributed by atoms with E-state index in [1.54, 1.807) is 7.11 Å². The lowest BCUT2D eigenvalue weighted by atomic mass is 10.1. The van der Waals surface area contributed by atoms with Crippen LogP contribution in [0.15, 0.2) is 24.3 Å². The van der Waals surface area contributed by atoms with Gasteiger partial charge in [0.05, 0.1) is 7.11 Å². The first-order valence-corrected chi connectivity index (χ1v) is 6.17. The second kappa shape index (κ2) is 7.71. The van der Waals surface area contributed by atoms with E-state index in [2.05, 4.69) is 5.32 Å². The lowest BCUT2D eigenvalue weighted by molar-refractivity contribution is -0.121. The Labute approximate surface area is 109 Å². The number of likely N-dealkylation sites (N-methyl/N-ethyl adjacent to an activating group) is 1. The van der Waals surface area contributed by atoms with Crippen LogP contribution in [0.1, 0.15) is 12.0 Å². The van der Waals surface area contributed by atoms with E-state index < -0.39 is 0 Å². The molecule has 0 aromatic heterocycles. The van der Waals surface area contributed by atoms with Crippen LogP contribution in [-0.4, -0.2) is 45.1 Å². The number of hydrogen-bond donors (Lipinski definition) is 1. The molecule has 4 nitrogen and oxygen atoms in total. The monoisotopic (exact) mass is 250 g/mol. The summed E-state index contributed by atoms with van der Waals surface area (Å²) in [4.78, 5) is 13.7. The van der Waals surface area contributed by atoms with Crippen LogP contribution in [0.5, 0.6) is 5.75 Å². The molecule has 1 aromatic rings. The zero-order valence-corrected chi connectivity index (χ0v) is 11.4. The third-order valence-corrected chi connectivity index (χ3v) is 2.70. The van der Waals surface area contributed by atoms with Crippen molar-refractivity contribution in [3.8, 4) is 5.75 Å². The lowest BCUT2D eigenvalue weighted by Crippen LogP contribution is -2.31. The predicted molar refractivity (Wildman–Crippen MR) is 72.9 cm³/mol. The molecule has 0 radical (unpaired) electrons. The maximum Gasteiger partial charge on any atom is 0.220 e. The Morgan fingerprint density at radius 1 is 1.33 bits per heavy atom. The Kier molecular flexibility index (Phi) is 6.22. The van der Waals surface area contributed by atoms with Crippen molar-refractivity contribution in [2.75, 3.05) is 34.3 Å². The molecule has 1 amide bonds. The molecule has 0 bridgehead atoms. The Morgan fingerprint density at radius 2 is 2.06 bits per heavy atom. The second-order valence-corrected chi connectivity index (χ2v) is 4.47. The Bertz CT molecular complexity index is 378. The molecule has 1 rings (SSSR count). The summed E-state index contributed by atoms with van der Waals surface area (Å²) in [6.45, 7) is 1.55. The summed E-state index contributed by atoms with van der Waals surface area (Å²) in [7, 11) is 5.62. The van der Waals surface area contributed by atoms with Crippen LogP contribution in [0.25, 0.3) is 0 Å². The van der Waals surface area contributed by atoms with Gasteiger partial charge in [-0.05, 0) is 32.1 Å². The molecular formula is C14H22N2O2. The van der Waals surface area contributed by atoms with E-state index in [-0.39, 0.29) is 5.91 Å². The standard InChI is InChI=1S/C14H22N2O2/c1-16(2)11-10-15-14(17)9-8-12-6-4-5-7-13(12)18-3/h4-7H,8-11H2,1-3H3,(H,15,17). The highest BCUT2D eigenvalue weighted by atomic mass is 16.5. The summed E-state index contributed by atoms with van der Waals surface area (Å²) in [6, 6.07) is 7.80. The number of methoxy groups -OCH3 is 1. The van der Waals surface area contributed by atoms with E-state index in [1.165, 1.54) is 0 Å². The molecule has 0 saturated heterocycles. The molecule has 1 aromatic carbocycles. The van der Waals surface area contributed by atoms with Crippen molar-refractivity contribution in [2.24, 2.45) is 0 Å². The van der Waals surface area contributed by atoms with E-state index in [0.29, 0.717) is 19.4 Å². The Balaban J connectivity index is 2.33. The highest BCUT2D eigenvalue weighted by Crippen LogP contribution is 2.18. The molecule has 100 valence electrons. The van der Waals surface area contributed by atoms with Gasteiger partial charge in [0.1, 0.15) is 5.75 Å². The van der Waals surface area contributed by atoms with Crippen molar-refractivity contribution in [1.82, 2.24) is 10.2 Å². The average Bonchev–Trinajstić information content (AvgIpc) is 2.36. The fourth-order valence-electron chi connectivity index (χ4n) is 1.67. The minimum absolute atomic E-state index is 0.0859. The van der Waals surface area contributed by atoms with E-state index >= 15 is 0 Å². The topological polar surface area (TPSA) is 41.6 Å². The van der Waals surface area contributed by atoms with Crippen molar-refractivity contribution in [3.63, 3.8) is 0 Å². The first kappa shape index (κ1) is 14.5. The molecular weight excluding hydrogens is 228 g/mol. The van der Waals surface area contributed by atoms with Crippen LogP contribution in [-0.2, 0) is 11.2 Å². The van der Waals surface area contributed by atoms with Crippen LogP contribution in [0.4, 0.5) is 0 Å². The summed E-state index contributed by atoms with van der Waals surface area (Å²) in [5.74, 6) is 0.932. The van der Waals surface area contributed by atoms with Crippen LogP contribution in [0, 0.1) is 0 Å². The number of para-hydroxylation sites is 1. The summed E-state index contributed by atoms with van der Waals surface area (Å²) in [5, 5.41) is 2.90. The van der Waals surface area contributed by atoms with Gasteiger partial charge >= 0.3 is 0 Å². The van der Waals surface area contributed by atoms with Gasteiger partial charge in [0.2, 0.25) is 5.91 Å². The summed E-state index contributed by atoms with van der Waals surface area (Å²) in [6.07, 6.45) is 1.20. The van der Waals surface area contributed by atoms with Crippen molar-refractivity contribution in [3.05, 3.63) is 29.8 Å². The average molecular weight is 250 g/mol. The highest BCUT2D eigenvalue weighted by molar-refractivity contribution is 5.76. The lowest BCUT2D eigenvalue weighted by Gasteiger charge is -2.11. The van der Waals surface area contributed by atoms with Gasteiger partial charge in [-0.3, -0.25) is 4.79 Å². The zero-order valence-electron chi connectivity index (χ0n) is 11.4. The van der Waals surface area contributed by atoms with Crippen molar-refractivity contribution in [1.29, 1.82) is 0 Å². The number of carbonyl (C=O) groups is 1. The van der Waals surface area contributed by atoms with E-state index in [4.69, 9.17) is 4.74 Å². The largest absolute Gasteiger partial charge is 0.496 e. The first-order valence-electron chi connectivity index (χ1n) is 6.17. The summed E-state index contributed by atoms with van der Waals surface area (Å²) >= 11 is 0. The van der Waals surface area contributed by atoms with E-state index in [9.17, 15) is 4.79 Å². The fourth-order valence-corrected chi connectivity index (χ4v) is 1.67. The number of hydrogen-bond acceptors (Lipinski definition) is 3. The Hall–Kier alpha value is -1.55. The first-order chi connectivity index (χ1) is 8.63. The van der Waals surface area contributed by atoms with Crippen LogP contribution >= 0.6 is 0 Å². The molecule has 18 heavy (non-hydrogen) atoms. The molecule has 0 aliphatic rings. The van der Waals surface area contributed by atoms with Crippen molar-refractivity contribution < 1.29 is 9.53 Å². The Morgan fingerprint density at radius 3 is 2.72 bits per heavy atom. The van der Waals surface area contributed by atoms with Gasteiger partial charge in [-0.15, -0.1) is 0 Å². The molecule has 0 unspecified atom stereocenters. The second-order valence-electron chi connectivity index (χ2n) is 4.47. The maximum absolute atomic E-state index is 11.6. The zero-order chi connectivity index (χ0) is 13.4. The molecule has 0 heterocycles. The molecule has 0 fully saturated rings. The number of rotatable bonds is 7. The van der Waals surface area contributed by atoms with Crippen LogP contribution in [0.3, 0.4) is 0 Å². The summed E-state index contributed by atoms with van der Waals surface area (Å²) < 4.78 is 5.25. The van der Waals surface area contributed by atoms with E-state index in [1.807, 2.05) is 43.3 Å². The number of ether oxygens (including phenoxy) is 1. The quantitative estimate of drug-likeness (QED) is 0.793. The molecule has 0 aliphatic carbocycles. The molecule has 0 aliphatic heterocycles. The third-order valence-electron chi connectivity index (χ3n) is 2.70. The number of benzene rings is 1. The minimum Gasteiger partial charge on any atom is -0.496 e. The molecule has 0 saturated carbocycles. The predicted octanol–water partition coefficient (Wildman–Crippen LogP) is 1.31. The van der Waals surface area contributed by atoms with Crippen molar-refractivity contribution >= 4 is 5.91 Å². The van der Waals surface area contributed by atoms with Crippen LogP contribution < -0.4 is 10.1 Å². The minimum atomic E-state index is 0.0859.